The molecule has 0 fully saturated rings. The van der Waals surface area contributed by atoms with Crippen LogP contribution < -0.4 is 4.90 Å². The Labute approximate surface area is 511 Å². The molecular weight excluding hydrogens is 1040 g/mol. The first-order chi connectivity index (χ1) is 40.8. The Bertz CT molecular complexity index is 4620. The Kier molecular flexibility index (Phi) is 13.4. The zero-order valence-corrected chi connectivity index (χ0v) is 53.3. The van der Waals surface area contributed by atoms with E-state index in [2.05, 4.69) is 338 Å². The predicted octanol–water partition coefficient (Wildman–Crippen LogP) is 24.3. The Morgan fingerprint density at radius 3 is 1.16 bits per heavy atom. The van der Waals surface area contributed by atoms with Gasteiger partial charge in [0.15, 0.2) is 0 Å². The Morgan fingerprint density at radius 2 is 0.663 bits per heavy atom. The Balaban J connectivity index is 0.992. The van der Waals surface area contributed by atoms with Gasteiger partial charge in [-0.05, 0) is 188 Å². The molecular formula is C84H82N2. The van der Waals surface area contributed by atoms with Crippen molar-refractivity contribution in [2.24, 2.45) is 0 Å². The molecule has 13 aromatic rings. The molecule has 0 saturated heterocycles. The lowest BCUT2D eigenvalue weighted by Gasteiger charge is -2.28. The highest BCUT2D eigenvalue weighted by molar-refractivity contribution is 6.27. The maximum absolute atomic E-state index is 2.54. The van der Waals surface area contributed by atoms with Crippen LogP contribution in [-0.4, -0.2) is 4.57 Å². The highest BCUT2D eigenvalue weighted by Gasteiger charge is 2.27. The van der Waals surface area contributed by atoms with Gasteiger partial charge >= 0.3 is 0 Å². The molecule has 86 heavy (non-hydrogen) atoms. The monoisotopic (exact) mass is 1120 g/mol. The third kappa shape index (κ3) is 10.2. The van der Waals surface area contributed by atoms with E-state index in [4.69, 9.17) is 0 Å². The van der Waals surface area contributed by atoms with E-state index in [1.165, 1.54) is 132 Å². The average Bonchev–Trinajstić information content (AvgIpc) is 1.30. The van der Waals surface area contributed by atoms with Crippen molar-refractivity contribution in [2.45, 2.75) is 131 Å². The number of benzene rings is 12. The highest BCUT2D eigenvalue weighted by atomic mass is 15.1. The van der Waals surface area contributed by atoms with Gasteiger partial charge in [0.05, 0.1) is 22.4 Å². The van der Waals surface area contributed by atoms with Crippen molar-refractivity contribution in [1.29, 1.82) is 0 Å². The van der Waals surface area contributed by atoms with Gasteiger partial charge in [-0.15, -0.1) is 0 Å². The minimum Gasteiger partial charge on any atom is -0.310 e. The normalized spacial score (nSPS) is 12.8. The highest BCUT2D eigenvalue weighted by Crippen LogP contribution is 2.48. The number of fused-ring (bicyclic) bond motifs is 3. The second-order valence-electron chi connectivity index (χ2n) is 29.6. The second-order valence-corrected chi connectivity index (χ2v) is 29.6. The van der Waals surface area contributed by atoms with Crippen LogP contribution in [0.4, 0.5) is 17.1 Å². The molecule has 428 valence electrons. The fourth-order valence-electron chi connectivity index (χ4n) is 13.1. The number of hydrogen-bond acceptors (Lipinski definition) is 1. The van der Waals surface area contributed by atoms with Crippen LogP contribution in [0.15, 0.2) is 224 Å². The van der Waals surface area contributed by atoms with E-state index in [0.29, 0.717) is 0 Å². The quantitative estimate of drug-likeness (QED) is 0.138. The molecule has 1 aromatic heterocycles. The summed E-state index contributed by atoms with van der Waals surface area (Å²) in [7, 11) is 0. The van der Waals surface area contributed by atoms with Crippen LogP contribution in [0.3, 0.4) is 0 Å². The largest absolute Gasteiger partial charge is 0.310 e. The number of anilines is 3. The van der Waals surface area contributed by atoms with Gasteiger partial charge < -0.3 is 9.47 Å². The fraction of sp³-hybridized carbons (Fsp3) is 0.238. The van der Waals surface area contributed by atoms with Gasteiger partial charge in [0.1, 0.15) is 0 Å². The summed E-state index contributed by atoms with van der Waals surface area (Å²) < 4.78 is 2.54. The topological polar surface area (TPSA) is 8.17 Å². The summed E-state index contributed by atoms with van der Waals surface area (Å²) in [4.78, 5) is 2.49. The van der Waals surface area contributed by atoms with Crippen LogP contribution in [0.5, 0.6) is 0 Å². The lowest BCUT2D eigenvalue weighted by Crippen LogP contribution is -2.16. The first-order valence-electron chi connectivity index (χ1n) is 31.1. The fourth-order valence-corrected chi connectivity index (χ4v) is 13.1. The number of rotatable bonds is 8. The van der Waals surface area contributed by atoms with Crippen LogP contribution in [-0.2, 0) is 27.1 Å². The molecule has 0 saturated carbocycles. The van der Waals surface area contributed by atoms with Gasteiger partial charge in [0.25, 0.3) is 0 Å². The van der Waals surface area contributed by atoms with E-state index in [1.54, 1.807) is 0 Å². The summed E-state index contributed by atoms with van der Waals surface area (Å²) in [5, 5.41) is 10.1. The van der Waals surface area contributed by atoms with Crippen LogP contribution in [0.25, 0.3) is 104 Å². The molecule has 0 radical (unpaired) electrons. The lowest BCUT2D eigenvalue weighted by molar-refractivity contribution is 0.569. The summed E-state index contributed by atoms with van der Waals surface area (Å²) in [5.41, 5.74) is 23.4. The maximum atomic E-state index is 2.54. The lowest BCUT2D eigenvalue weighted by atomic mass is 9.78. The second kappa shape index (κ2) is 20.5. The smallest absolute Gasteiger partial charge is 0.0541 e. The molecule has 0 unspecified atom stereocenters. The van der Waals surface area contributed by atoms with Crippen molar-refractivity contribution in [1.82, 2.24) is 4.57 Å². The van der Waals surface area contributed by atoms with E-state index >= 15 is 0 Å². The third-order valence-corrected chi connectivity index (χ3v) is 18.3. The van der Waals surface area contributed by atoms with Gasteiger partial charge in [-0.2, -0.15) is 0 Å². The molecule has 0 atom stereocenters. The SMILES string of the molecule is CC(C)(C)c1cc(-c2ccc(N(c3ccc(-c4ccccc4-c4ccccc4)cc3)c3ccc4ccc5c(-n6c7ccc(C(C)(C)C)cc7c7cc(C(C)(C)C)ccc76)ccc6ccc3c4c65)cc2)cc(-c2cc(C(C)(C)C)cc(C(C)(C)C)c2)c1. The first kappa shape index (κ1) is 56.4. The summed E-state index contributed by atoms with van der Waals surface area (Å²) in [6.07, 6.45) is 0. The number of nitrogens with zero attached hydrogens (tertiary/aromatic N) is 2. The number of hydrogen-bond donors (Lipinski definition) is 0. The van der Waals surface area contributed by atoms with Gasteiger partial charge in [-0.3, -0.25) is 0 Å². The van der Waals surface area contributed by atoms with Crippen LogP contribution in [0, 0.1) is 0 Å². The van der Waals surface area contributed by atoms with Crippen LogP contribution in [0.1, 0.15) is 132 Å². The van der Waals surface area contributed by atoms with E-state index in [9.17, 15) is 0 Å². The molecule has 0 spiro atoms. The van der Waals surface area contributed by atoms with E-state index in [1.807, 2.05) is 0 Å². The average molecular weight is 1120 g/mol. The van der Waals surface area contributed by atoms with Crippen molar-refractivity contribution >= 4 is 71.2 Å². The molecule has 0 bridgehead atoms. The molecule has 2 heteroatoms. The molecule has 0 aliphatic carbocycles. The Hall–Kier alpha value is -8.72. The van der Waals surface area contributed by atoms with Crippen molar-refractivity contribution in [2.75, 3.05) is 4.90 Å². The number of aromatic nitrogens is 1. The molecule has 1 heterocycles. The van der Waals surface area contributed by atoms with E-state index in [-0.39, 0.29) is 27.1 Å². The maximum Gasteiger partial charge on any atom is 0.0541 e. The van der Waals surface area contributed by atoms with Gasteiger partial charge in [-0.1, -0.05) is 262 Å². The van der Waals surface area contributed by atoms with Crippen LogP contribution >= 0.6 is 0 Å². The zero-order chi connectivity index (χ0) is 60.4. The third-order valence-electron chi connectivity index (χ3n) is 18.3. The molecule has 0 N–H and O–H groups in total. The predicted molar refractivity (Wildman–Crippen MR) is 374 cm³/mol. The first-order valence-corrected chi connectivity index (χ1v) is 31.1. The van der Waals surface area contributed by atoms with E-state index < -0.39 is 0 Å². The summed E-state index contributed by atoms with van der Waals surface area (Å²) >= 11 is 0. The summed E-state index contributed by atoms with van der Waals surface area (Å²) in [6, 6.07) is 85.8. The molecule has 12 aromatic carbocycles. The molecule has 0 aliphatic rings. The summed E-state index contributed by atoms with van der Waals surface area (Å²) in [5.74, 6) is 0. The molecule has 0 amide bonds. The molecule has 13 rings (SSSR count). The van der Waals surface area contributed by atoms with Crippen LogP contribution in [0.2, 0.25) is 0 Å². The van der Waals surface area contributed by atoms with Gasteiger partial charge in [0, 0.05) is 32.9 Å². The minimum atomic E-state index is -0.0602. The zero-order valence-electron chi connectivity index (χ0n) is 53.3. The molecule has 2 nitrogen and oxygen atoms in total. The van der Waals surface area contributed by atoms with Gasteiger partial charge in [0.2, 0.25) is 0 Å². The van der Waals surface area contributed by atoms with Crippen molar-refractivity contribution in [3.05, 3.63) is 252 Å². The Morgan fingerprint density at radius 1 is 0.267 bits per heavy atom. The summed E-state index contributed by atoms with van der Waals surface area (Å²) in [6.45, 7) is 34.9. The van der Waals surface area contributed by atoms with Gasteiger partial charge in [-0.25, -0.2) is 0 Å². The van der Waals surface area contributed by atoms with Crippen molar-refractivity contribution in [3.8, 4) is 50.2 Å². The minimum absolute atomic E-state index is 0.00821. The molecule has 0 aliphatic heterocycles. The van der Waals surface area contributed by atoms with Crippen molar-refractivity contribution in [3.63, 3.8) is 0 Å². The van der Waals surface area contributed by atoms with Crippen molar-refractivity contribution < 1.29 is 0 Å². The standard InChI is InChI=1S/C84H82N2/c1-80(2,3)61-33-43-76-72(51-61)73-52-62(81(4,5)6)34-44-77(73)86(76)75-42-32-57-29-39-70-74(41-31-56-30-40-71(75)79(57)78(56)70)85(67-37-27-55(28-38-67)69-24-20-19-23-68(69)54-21-17-16-18-22-54)66-35-25-53(26-36-66)58-45-59(47-63(46-58)82(7,8)9)60-48-64(83(10,11)12)50-65(49-60)84(13,14)15/h16-52H,1-15H3. The van der Waals surface area contributed by atoms with E-state index in [0.717, 1.165) is 17.1 Å².